The lowest BCUT2D eigenvalue weighted by Gasteiger charge is -2.21. The fourth-order valence-corrected chi connectivity index (χ4v) is 3.96. The Morgan fingerprint density at radius 1 is 1.19 bits per heavy atom. The summed E-state index contributed by atoms with van der Waals surface area (Å²) in [6, 6.07) is 7.56. The third kappa shape index (κ3) is 4.76. The number of amides is 2. The van der Waals surface area contributed by atoms with Gasteiger partial charge in [-0.2, -0.15) is 0 Å². The van der Waals surface area contributed by atoms with Gasteiger partial charge in [0, 0.05) is 32.7 Å². The summed E-state index contributed by atoms with van der Waals surface area (Å²) in [7, 11) is 1.48. The fourth-order valence-electron chi connectivity index (χ4n) is 3.96. The predicted molar refractivity (Wildman–Crippen MR) is 125 cm³/mol. The second-order valence-corrected chi connectivity index (χ2v) is 8.33. The maximum atomic E-state index is 12.9. The zero-order valence-corrected chi connectivity index (χ0v) is 19.2. The van der Waals surface area contributed by atoms with Crippen LogP contribution in [0, 0.1) is 6.92 Å². The Morgan fingerprint density at radius 2 is 1.88 bits per heavy atom. The number of primary amides is 1. The average Bonchev–Trinajstić information content (AvgIpc) is 3.17. The zero-order chi connectivity index (χ0) is 23.4. The van der Waals surface area contributed by atoms with Gasteiger partial charge in [-0.3, -0.25) is 13.9 Å². The summed E-state index contributed by atoms with van der Waals surface area (Å²) in [6.45, 7) is 7.19. The number of aryl methyl sites for hydroxylation is 1. The van der Waals surface area contributed by atoms with Gasteiger partial charge in [0.25, 0.3) is 5.56 Å². The number of hydrogen-bond donors (Lipinski definition) is 1. The van der Waals surface area contributed by atoms with Crippen LogP contribution < -0.4 is 17.0 Å². The standard InChI is InChI=1S/C23H32N6O3/c1-5-6-17(3)29-20-19(21(30)26(4)23(29)32)28(15-25-20)14-13-27(22(24)31)12-11-18-9-7-16(2)8-10-18/h7-10,15,17H,5-6,11-14H2,1-4H3,(H2,24,31)/t17-/m0/s1. The van der Waals surface area contributed by atoms with Gasteiger partial charge in [-0.15, -0.1) is 0 Å². The highest BCUT2D eigenvalue weighted by atomic mass is 16.2. The van der Waals surface area contributed by atoms with Crippen molar-refractivity contribution in [2.75, 3.05) is 13.1 Å². The number of benzene rings is 1. The largest absolute Gasteiger partial charge is 0.351 e. The Kier molecular flexibility index (Phi) is 7.17. The van der Waals surface area contributed by atoms with E-state index in [1.165, 1.54) is 12.6 Å². The van der Waals surface area contributed by atoms with E-state index in [0.717, 1.165) is 23.0 Å². The lowest BCUT2D eigenvalue weighted by atomic mass is 10.1. The van der Waals surface area contributed by atoms with Crippen molar-refractivity contribution in [3.05, 3.63) is 62.6 Å². The molecule has 0 aliphatic rings. The molecule has 0 radical (unpaired) electrons. The maximum Gasteiger partial charge on any atom is 0.332 e. The van der Waals surface area contributed by atoms with E-state index in [0.29, 0.717) is 37.2 Å². The van der Waals surface area contributed by atoms with Crippen molar-refractivity contribution in [2.24, 2.45) is 12.8 Å². The van der Waals surface area contributed by atoms with Gasteiger partial charge < -0.3 is 15.2 Å². The number of carbonyl (C=O) groups excluding carboxylic acids is 1. The van der Waals surface area contributed by atoms with Crippen molar-refractivity contribution < 1.29 is 4.79 Å². The molecule has 1 atom stereocenters. The van der Waals surface area contributed by atoms with Gasteiger partial charge in [-0.05, 0) is 32.3 Å². The first-order valence-electron chi connectivity index (χ1n) is 11.0. The van der Waals surface area contributed by atoms with E-state index < -0.39 is 11.6 Å². The summed E-state index contributed by atoms with van der Waals surface area (Å²) >= 11 is 0. The lowest BCUT2D eigenvalue weighted by Crippen LogP contribution is -2.41. The smallest absolute Gasteiger partial charge is 0.332 e. The van der Waals surface area contributed by atoms with Crippen molar-refractivity contribution in [3.8, 4) is 0 Å². The van der Waals surface area contributed by atoms with Gasteiger partial charge in [-0.1, -0.05) is 43.2 Å². The van der Waals surface area contributed by atoms with E-state index >= 15 is 0 Å². The number of rotatable bonds is 9. The lowest BCUT2D eigenvalue weighted by molar-refractivity contribution is 0.206. The summed E-state index contributed by atoms with van der Waals surface area (Å²) in [4.78, 5) is 43.5. The first kappa shape index (κ1) is 23.3. The Bertz CT molecular complexity index is 1210. The minimum Gasteiger partial charge on any atom is -0.351 e. The number of urea groups is 1. The molecule has 0 fully saturated rings. The Labute approximate surface area is 187 Å². The number of fused-ring (bicyclic) bond motifs is 1. The Morgan fingerprint density at radius 3 is 2.50 bits per heavy atom. The molecule has 32 heavy (non-hydrogen) atoms. The fraction of sp³-hybridized carbons (Fsp3) is 0.478. The molecule has 3 rings (SSSR count). The van der Waals surface area contributed by atoms with Gasteiger partial charge in [0.05, 0.1) is 6.33 Å². The van der Waals surface area contributed by atoms with Crippen molar-refractivity contribution in [1.29, 1.82) is 0 Å². The van der Waals surface area contributed by atoms with Crippen molar-refractivity contribution in [3.63, 3.8) is 0 Å². The zero-order valence-electron chi connectivity index (χ0n) is 19.2. The summed E-state index contributed by atoms with van der Waals surface area (Å²) in [5.74, 6) is 0. The molecule has 2 N–H and O–H groups in total. The molecule has 9 nitrogen and oxygen atoms in total. The molecule has 0 aliphatic heterocycles. The SMILES string of the molecule is CCC[C@H](C)n1c(=O)n(C)c(=O)c2c1ncn2CCN(CCc1ccc(C)cc1)C(N)=O. The molecular weight excluding hydrogens is 408 g/mol. The van der Waals surface area contributed by atoms with E-state index in [9.17, 15) is 14.4 Å². The molecule has 0 saturated heterocycles. The highest BCUT2D eigenvalue weighted by Gasteiger charge is 2.20. The van der Waals surface area contributed by atoms with Crippen LogP contribution in [-0.2, 0) is 20.0 Å². The van der Waals surface area contributed by atoms with E-state index in [2.05, 4.69) is 4.98 Å². The van der Waals surface area contributed by atoms with E-state index in [1.807, 2.05) is 45.0 Å². The van der Waals surface area contributed by atoms with Crippen LogP contribution in [0.2, 0.25) is 0 Å². The number of hydrogen-bond acceptors (Lipinski definition) is 4. The normalized spacial score (nSPS) is 12.2. The number of nitrogens with two attached hydrogens (primary N) is 1. The highest BCUT2D eigenvalue weighted by molar-refractivity contribution is 5.72. The molecule has 0 unspecified atom stereocenters. The molecule has 2 amide bonds. The maximum absolute atomic E-state index is 12.9. The molecule has 172 valence electrons. The Balaban J connectivity index is 1.84. The molecule has 0 aliphatic carbocycles. The Hall–Kier alpha value is -3.36. The third-order valence-corrected chi connectivity index (χ3v) is 5.91. The van der Waals surface area contributed by atoms with E-state index in [1.54, 1.807) is 20.4 Å². The third-order valence-electron chi connectivity index (χ3n) is 5.91. The minimum atomic E-state index is -0.511. The number of imidazole rings is 1. The van der Waals surface area contributed by atoms with Gasteiger partial charge >= 0.3 is 11.7 Å². The molecule has 1 aromatic carbocycles. The number of aromatic nitrogens is 4. The first-order valence-corrected chi connectivity index (χ1v) is 11.0. The van der Waals surface area contributed by atoms with E-state index in [4.69, 9.17) is 5.73 Å². The van der Waals surface area contributed by atoms with Crippen LogP contribution in [0.15, 0.2) is 40.2 Å². The summed E-state index contributed by atoms with van der Waals surface area (Å²) in [6.07, 6.45) is 3.95. The monoisotopic (exact) mass is 440 g/mol. The van der Waals surface area contributed by atoms with Gasteiger partial charge in [0.15, 0.2) is 11.2 Å². The van der Waals surface area contributed by atoms with Crippen LogP contribution in [-0.4, -0.2) is 42.7 Å². The van der Waals surface area contributed by atoms with Gasteiger partial charge in [-0.25, -0.2) is 14.6 Å². The molecule has 0 saturated carbocycles. The van der Waals surface area contributed by atoms with Crippen LogP contribution in [0.5, 0.6) is 0 Å². The molecule has 3 aromatic rings. The summed E-state index contributed by atoms with van der Waals surface area (Å²) in [5, 5.41) is 0. The summed E-state index contributed by atoms with van der Waals surface area (Å²) < 4.78 is 4.41. The number of nitrogens with zero attached hydrogens (tertiary/aromatic N) is 5. The van der Waals surface area contributed by atoms with Crippen LogP contribution in [0.3, 0.4) is 0 Å². The van der Waals surface area contributed by atoms with Crippen molar-refractivity contribution >= 4 is 17.2 Å². The van der Waals surface area contributed by atoms with Crippen molar-refractivity contribution in [2.45, 2.75) is 52.6 Å². The van der Waals surface area contributed by atoms with Crippen LogP contribution in [0.25, 0.3) is 11.2 Å². The van der Waals surface area contributed by atoms with Crippen LogP contribution >= 0.6 is 0 Å². The van der Waals surface area contributed by atoms with Gasteiger partial charge in [0.1, 0.15) is 0 Å². The van der Waals surface area contributed by atoms with E-state index in [-0.39, 0.29) is 11.7 Å². The molecule has 0 spiro atoms. The molecule has 2 heterocycles. The van der Waals surface area contributed by atoms with Crippen LogP contribution in [0.4, 0.5) is 4.79 Å². The second-order valence-electron chi connectivity index (χ2n) is 8.33. The highest BCUT2D eigenvalue weighted by Crippen LogP contribution is 2.16. The topological polar surface area (TPSA) is 108 Å². The molecule has 9 heteroatoms. The molecule has 0 bridgehead atoms. The minimum absolute atomic E-state index is 0.0817. The van der Waals surface area contributed by atoms with Crippen molar-refractivity contribution in [1.82, 2.24) is 23.6 Å². The second kappa shape index (κ2) is 9.84. The number of carbonyl (C=O) groups is 1. The van der Waals surface area contributed by atoms with Gasteiger partial charge in [0.2, 0.25) is 0 Å². The first-order chi connectivity index (χ1) is 15.2. The predicted octanol–water partition coefficient (Wildman–Crippen LogP) is 2.19. The average molecular weight is 441 g/mol. The quantitative estimate of drug-likeness (QED) is 0.550. The van der Waals surface area contributed by atoms with Crippen LogP contribution in [0.1, 0.15) is 43.9 Å². The summed E-state index contributed by atoms with van der Waals surface area (Å²) in [5.41, 5.74) is 7.88. The molecular formula is C23H32N6O3. The molecule has 2 aromatic heterocycles.